The predicted octanol–water partition coefficient (Wildman–Crippen LogP) is 2.91. The fraction of sp³-hybridized carbons (Fsp3) is 0. The molecule has 0 spiro atoms. The third-order valence-corrected chi connectivity index (χ3v) is 3.64. The number of aromatic nitrogens is 1. The van der Waals surface area contributed by atoms with Crippen LogP contribution >= 0.6 is 11.3 Å². The van der Waals surface area contributed by atoms with Crippen molar-refractivity contribution in [2.75, 3.05) is 5.32 Å². The van der Waals surface area contributed by atoms with Gasteiger partial charge in [0.1, 0.15) is 0 Å². The highest BCUT2D eigenvalue weighted by molar-refractivity contribution is 7.11. The van der Waals surface area contributed by atoms with Crippen LogP contribution in [0.15, 0.2) is 59.4 Å². The van der Waals surface area contributed by atoms with E-state index in [0.717, 1.165) is 11.3 Å². The van der Waals surface area contributed by atoms with Crippen LogP contribution in [0.4, 0.5) is 5.69 Å². The van der Waals surface area contributed by atoms with Gasteiger partial charge in [0.2, 0.25) is 4.74 Å². The Hall–Kier alpha value is -2.53. The van der Waals surface area contributed by atoms with Crippen molar-refractivity contribution in [3.05, 3.63) is 69.1 Å². The molecule has 98 valence electrons. The molecular formula is C15H10N2O2S. The number of amides is 1. The summed E-state index contributed by atoms with van der Waals surface area (Å²) in [5.41, 5.74) is 1.21. The van der Waals surface area contributed by atoms with E-state index in [4.69, 9.17) is 0 Å². The van der Waals surface area contributed by atoms with Gasteiger partial charge in [-0.2, -0.15) is 0 Å². The molecule has 0 aliphatic carbocycles. The molecule has 1 aromatic heterocycles. The summed E-state index contributed by atoms with van der Waals surface area (Å²) >= 11 is 0.855. The molecule has 2 aromatic carbocycles. The van der Waals surface area contributed by atoms with Crippen molar-refractivity contribution in [3.8, 4) is 0 Å². The van der Waals surface area contributed by atoms with E-state index in [0.29, 0.717) is 16.6 Å². The van der Waals surface area contributed by atoms with Crippen molar-refractivity contribution >= 4 is 33.8 Å². The van der Waals surface area contributed by atoms with Gasteiger partial charge in [-0.05, 0) is 24.3 Å². The Kier molecular flexibility index (Phi) is 3.26. The van der Waals surface area contributed by atoms with Crippen LogP contribution in [0.25, 0.3) is 10.9 Å². The zero-order valence-electron chi connectivity index (χ0n) is 10.4. The lowest BCUT2D eigenvalue weighted by atomic mass is 10.2. The number of para-hydroxylation sites is 2. The Balaban J connectivity index is 1.98. The van der Waals surface area contributed by atoms with E-state index in [1.807, 2.05) is 18.2 Å². The number of nitrogens with zero attached hydrogens (tertiary/aromatic N) is 1. The first-order valence-corrected chi connectivity index (χ1v) is 6.82. The number of hydrogen-bond acceptors (Lipinski definition) is 4. The number of benzene rings is 2. The SMILES string of the molecule is O=C(Nc1ccccc1)c1nc2ccccc2c(=O)s1. The maximum atomic E-state index is 12.1. The summed E-state index contributed by atoms with van der Waals surface area (Å²) in [5, 5.41) is 3.42. The number of nitrogens with one attached hydrogen (secondary N) is 1. The second kappa shape index (κ2) is 5.22. The van der Waals surface area contributed by atoms with Crippen LogP contribution in [0, 0.1) is 0 Å². The Morgan fingerprint density at radius 3 is 2.50 bits per heavy atom. The lowest BCUT2D eigenvalue weighted by molar-refractivity contribution is 0.102. The van der Waals surface area contributed by atoms with Crippen molar-refractivity contribution in [2.24, 2.45) is 0 Å². The normalized spacial score (nSPS) is 10.4. The molecular weight excluding hydrogens is 272 g/mol. The molecule has 0 aliphatic heterocycles. The van der Waals surface area contributed by atoms with Crippen molar-refractivity contribution in [1.82, 2.24) is 4.98 Å². The Morgan fingerprint density at radius 1 is 1.00 bits per heavy atom. The molecule has 1 heterocycles. The maximum Gasteiger partial charge on any atom is 0.284 e. The highest BCUT2D eigenvalue weighted by Crippen LogP contribution is 2.13. The van der Waals surface area contributed by atoms with Crippen LogP contribution in [-0.2, 0) is 0 Å². The van der Waals surface area contributed by atoms with E-state index < -0.39 is 0 Å². The largest absolute Gasteiger partial charge is 0.320 e. The standard InChI is InChI=1S/C15H10N2O2S/c18-13(16-10-6-2-1-3-7-10)14-17-12-9-5-4-8-11(12)15(19)20-14/h1-9H,(H,16,18). The first-order valence-electron chi connectivity index (χ1n) is 6.00. The zero-order chi connectivity index (χ0) is 13.9. The van der Waals surface area contributed by atoms with Gasteiger partial charge in [-0.25, -0.2) is 4.98 Å². The van der Waals surface area contributed by atoms with E-state index in [2.05, 4.69) is 10.3 Å². The van der Waals surface area contributed by atoms with E-state index in [-0.39, 0.29) is 15.7 Å². The smallest absolute Gasteiger partial charge is 0.284 e. The average Bonchev–Trinajstić information content (AvgIpc) is 2.48. The Morgan fingerprint density at radius 2 is 1.70 bits per heavy atom. The minimum absolute atomic E-state index is 0.159. The fourth-order valence-electron chi connectivity index (χ4n) is 1.82. The van der Waals surface area contributed by atoms with Crippen molar-refractivity contribution in [2.45, 2.75) is 0 Å². The quantitative estimate of drug-likeness (QED) is 0.786. The highest BCUT2D eigenvalue weighted by atomic mass is 32.1. The molecule has 1 N–H and O–H groups in total. The van der Waals surface area contributed by atoms with Crippen molar-refractivity contribution in [1.29, 1.82) is 0 Å². The van der Waals surface area contributed by atoms with Gasteiger partial charge in [0.25, 0.3) is 5.91 Å². The van der Waals surface area contributed by atoms with E-state index in [1.54, 1.807) is 36.4 Å². The predicted molar refractivity (Wildman–Crippen MR) is 80.3 cm³/mol. The molecule has 3 rings (SSSR count). The van der Waals surface area contributed by atoms with Crippen LogP contribution in [0.3, 0.4) is 0 Å². The first kappa shape index (κ1) is 12.5. The lowest BCUT2D eigenvalue weighted by Crippen LogP contribution is -2.14. The molecule has 0 unspecified atom stereocenters. The maximum absolute atomic E-state index is 12.1. The number of carbonyl (C=O) groups is 1. The van der Waals surface area contributed by atoms with Gasteiger partial charge in [0, 0.05) is 5.69 Å². The summed E-state index contributed by atoms with van der Waals surface area (Å²) in [6.45, 7) is 0. The van der Waals surface area contributed by atoms with Gasteiger partial charge in [0.05, 0.1) is 10.9 Å². The van der Waals surface area contributed by atoms with Gasteiger partial charge >= 0.3 is 0 Å². The molecule has 3 aromatic rings. The first-order chi connectivity index (χ1) is 9.74. The minimum Gasteiger partial charge on any atom is -0.320 e. The van der Waals surface area contributed by atoms with Crippen LogP contribution in [0.1, 0.15) is 9.80 Å². The van der Waals surface area contributed by atoms with Gasteiger partial charge in [-0.15, -0.1) is 0 Å². The van der Waals surface area contributed by atoms with E-state index in [1.165, 1.54) is 0 Å². The number of rotatable bonds is 2. The summed E-state index contributed by atoms with van der Waals surface area (Å²) in [5.74, 6) is -0.371. The number of hydrogen-bond donors (Lipinski definition) is 1. The molecule has 20 heavy (non-hydrogen) atoms. The molecule has 0 aliphatic rings. The Labute approximate surface area is 118 Å². The van der Waals surface area contributed by atoms with Gasteiger partial charge in [-0.1, -0.05) is 41.7 Å². The number of carbonyl (C=O) groups excluding carboxylic acids is 1. The highest BCUT2D eigenvalue weighted by Gasteiger charge is 2.12. The molecule has 1 amide bonds. The molecule has 0 saturated heterocycles. The monoisotopic (exact) mass is 282 g/mol. The molecule has 0 fully saturated rings. The third-order valence-electron chi connectivity index (χ3n) is 2.76. The zero-order valence-corrected chi connectivity index (χ0v) is 11.2. The van der Waals surface area contributed by atoms with Gasteiger partial charge in [-0.3, -0.25) is 9.59 Å². The van der Waals surface area contributed by atoms with Crippen LogP contribution in [0.2, 0.25) is 0 Å². The van der Waals surface area contributed by atoms with Crippen LogP contribution in [0.5, 0.6) is 0 Å². The molecule has 0 radical (unpaired) electrons. The number of anilines is 1. The van der Waals surface area contributed by atoms with Crippen molar-refractivity contribution < 1.29 is 4.79 Å². The molecule has 0 atom stereocenters. The Bertz CT molecular complexity index is 828. The molecule has 0 saturated carbocycles. The van der Waals surface area contributed by atoms with E-state index >= 15 is 0 Å². The van der Waals surface area contributed by atoms with Gasteiger partial charge < -0.3 is 5.32 Å². The second-order valence-corrected chi connectivity index (χ2v) is 5.11. The van der Waals surface area contributed by atoms with E-state index in [9.17, 15) is 9.59 Å². The second-order valence-electron chi connectivity index (χ2n) is 4.14. The summed E-state index contributed by atoms with van der Waals surface area (Å²) in [6.07, 6.45) is 0. The summed E-state index contributed by atoms with van der Waals surface area (Å²) in [7, 11) is 0. The average molecular weight is 282 g/mol. The third kappa shape index (κ3) is 2.44. The van der Waals surface area contributed by atoms with Crippen LogP contribution < -0.4 is 10.1 Å². The van der Waals surface area contributed by atoms with Gasteiger partial charge in [0.15, 0.2) is 5.01 Å². The summed E-state index contributed by atoms with van der Waals surface area (Å²) in [6, 6.07) is 16.1. The fourth-order valence-corrected chi connectivity index (χ4v) is 2.57. The topological polar surface area (TPSA) is 59.1 Å². The minimum atomic E-state index is -0.371. The number of fused-ring (bicyclic) bond motifs is 1. The lowest BCUT2D eigenvalue weighted by Gasteiger charge is -2.04. The molecule has 0 bridgehead atoms. The summed E-state index contributed by atoms with van der Waals surface area (Å²) < 4.78 is -0.159. The van der Waals surface area contributed by atoms with Crippen LogP contribution in [-0.4, -0.2) is 10.9 Å². The molecule has 4 nitrogen and oxygen atoms in total. The summed E-state index contributed by atoms with van der Waals surface area (Å²) in [4.78, 5) is 28.3. The molecule has 5 heteroatoms. The van der Waals surface area contributed by atoms with Crippen molar-refractivity contribution in [3.63, 3.8) is 0 Å².